The van der Waals surface area contributed by atoms with E-state index in [0.29, 0.717) is 24.5 Å². The Morgan fingerprint density at radius 3 is 2.61 bits per heavy atom. The van der Waals surface area contributed by atoms with Gasteiger partial charge in [0.05, 0.1) is 6.61 Å². The van der Waals surface area contributed by atoms with E-state index in [4.69, 9.17) is 10.5 Å². The number of unbranched alkanes of at least 4 members (excludes halogenated alkanes) is 1. The minimum Gasteiger partial charge on any atom is -0.493 e. The van der Waals surface area contributed by atoms with Gasteiger partial charge in [-0.25, -0.2) is 4.39 Å². The van der Waals surface area contributed by atoms with Gasteiger partial charge in [0.25, 0.3) is 0 Å². The van der Waals surface area contributed by atoms with Crippen LogP contribution >= 0.6 is 0 Å². The van der Waals surface area contributed by atoms with Gasteiger partial charge in [-0.15, -0.1) is 0 Å². The van der Waals surface area contributed by atoms with Gasteiger partial charge >= 0.3 is 0 Å². The molecule has 0 amide bonds. The molecular weight excluding hydrogens is 229 g/mol. The van der Waals surface area contributed by atoms with Crippen LogP contribution in [0.3, 0.4) is 0 Å². The molecule has 0 unspecified atom stereocenters. The standard InChI is InChI=1S/C15H24FNO/c1-12-6-7-13(10-14(12)16)18-9-5-4-8-15(2,3)11-17/h6-7,10H,4-5,8-9,11,17H2,1-3H3. The maximum atomic E-state index is 13.3. The Morgan fingerprint density at radius 1 is 1.28 bits per heavy atom. The summed E-state index contributed by atoms with van der Waals surface area (Å²) in [6.45, 7) is 7.42. The number of ether oxygens (including phenoxy) is 1. The molecule has 0 heterocycles. The van der Waals surface area contributed by atoms with Crippen LogP contribution in [0.25, 0.3) is 0 Å². The monoisotopic (exact) mass is 253 g/mol. The summed E-state index contributed by atoms with van der Waals surface area (Å²) in [5.74, 6) is 0.396. The summed E-state index contributed by atoms with van der Waals surface area (Å²) in [4.78, 5) is 0. The molecule has 0 fully saturated rings. The molecule has 0 radical (unpaired) electrons. The normalized spacial score (nSPS) is 11.6. The molecule has 102 valence electrons. The smallest absolute Gasteiger partial charge is 0.129 e. The van der Waals surface area contributed by atoms with Gasteiger partial charge in [0, 0.05) is 6.07 Å². The van der Waals surface area contributed by atoms with Gasteiger partial charge in [0.2, 0.25) is 0 Å². The summed E-state index contributed by atoms with van der Waals surface area (Å²) in [7, 11) is 0. The first-order valence-electron chi connectivity index (χ1n) is 6.54. The molecule has 3 heteroatoms. The van der Waals surface area contributed by atoms with Crippen LogP contribution in [-0.2, 0) is 0 Å². The van der Waals surface area contributed by atoms with Crippen molar-refractivity contribution in [2.75, 3.05) is 13.2 Å². The van der Waals surface area contributed by atoms with Gasteiger partial charge in [-0.3, -0.25) is 0 Å². The van der Waals surface area contributed by atoms with Crippen molar-refractivity contribution in [3.63, 3.8) is 0 Å². The second kappa shape index (κ2) is 6.74. The minimum atomic E-state index is -0.211. The Labute approximate surface area is 109 Å². The average Bonchev–Trinajstić information content (AvgIpc) is 2.33. The number of aryl methyl sites for hydroxylation is 1. The highest BCUT2D eigenvalue weighted by Gasteiger charge is 2.14. The SMILES string of the molecule is Cc1ccc(OCCCCC(C)(C)CN)cc1F. The Bertz CT molecular complexity index is 377. The van der Waals surface area contributed by atoms with E-state index in [2.05, 4.69) is 13.8 Å². The first kappa shape index (κ1) is 15.0. The molecule has 0 aromatic heterocycles. The molecule has 0 saturated heterocycles. The molecule has 1 aromatic carbocycles. The summed E-state index contributed by atoms with van der Waals surface area (Å²) >= 11 is 0. The fourth-order valence-corrected chi connectivity index (χ4v) is 1.66. The number of rotatable bonds is 7. The molecule has 0 aliphatic heterocycles. The Kier molecular flexibility index (Phi) is 5.60. The van der Waals surface area contributed by atoms with Gasteiger partial charge in [-0.2, -0.15) is 0 Å². The van der Waals surface area contributed by atoms with Crippen LogP contribution in [0, 0.1) is 18.2 Å². The largest absolute Gasteiger partial charge is 0.493 e. The molecule has 0 aliphatic carbocycles. The van der Waals surface area contributed by atoms with E-state index in [0.717, 1.165) is 19.3 Å². The van der Waals surface area contributed by atoms with Crippen molar-refractivity contribution in [2.24, 2.45) is 11.1 Å². The lowest BCUT2D eigenvalue weighted by molar-refractivity contribution is 0.278. The molecule has 1 rings (SSSR count). The van der Waals surface area contributed by atoms with Crippen LogP contribution in [0.15, 0.2) is 18.2 Å². The quantitative estimate of drug-likeness (QED) is 0.752. The third-order valence-electron chi connectivity index (χ3n) is 3.21. The molecule has 2 N–H and O–H groups in total. The third-order valence-corrected chi connectivity index (χ3v) is 3.21. The van der Waals surface area contributed by atoms with Crippen LogP contribution in [-0.4, -0.2) is 13.2 Å². The average molecular weight is 253 g/mol. The molecule has 1 aromatic rings. The van der Waals surface area contributed by atoms with E-state index < -0.39 is 0 Å². The third kappa shape index (κ3) is 5.05. The van der Waals surface area contributed by atoms with Gasteiger partial charge in [0.15, 0.2) is 0 Å². The zero-order valence-electron chi connectivity index (χ0n) is 11.6. The maximum absolute atomic E-state index is 13.3. The molecular formula is C15H24FNO. The second-order valence-corrected chi connectivity index (χ2v) is 5.58. The summed E-state index contributed by atoms with van der Waals surface area (Å²) in [5.41, 5.74) is 6.52. The van der Waals surface area contributed by atoms with Crippen molar-refractivity contribution in [1.82, 2.24) is 0 Å². The van der Waals surface area contributed by atoms with Crippen LogP contribution in [0.4, 0.5) is 4.39 Å². The molecule has 0 atom stereocenters. The molecule has 0 aliphatic rings. The van der Waals surface area contributed by atoms with Crippen LogP contribution in [0.5, 0.6) is 5.75 Å². The highest BCUT2D eigenvalue weighted by atomic mass is 19.1. The Hall–Kier alpha value is -1.09. The van der Waals surface area contributed by atoms with E-state index in [9.17, 15) is 4.39 Å². The molecule has 0 saturated carbocycles. The highest BCUT2D eigenvalue weighted by Crippen LogP contribution is 2.21. The lowest BCUT2D eigenvalue weighted by Crippen LogP contribution is -2.23. The van der Waals surface area contributed by atoms with Crippen molar-refractivity contribution < 1.29 is 9.13 Å². The van der Waals surface area contributed by atoms with Crippen molar-refractivity contribution in [3.05, 3.63) is 29.6 Å². The van der Waals surface area contributed by atoms with Gasteiger partial charge < -0.3 is 10.5 Å². The van der Waals surface area contributed by atoms with Gasteiger partial charge in [0.1, 0.15) is 11.6 Å². The predicted molar refractivity (Wildman–Crippen MR) is 73.3 cm³/mol. The topological polar surface area (TPSA) is 35.2 Å². The first-order valence-corrected chi connectivity index (χ1v) is 6.54. The predicted octanol–water partition coefficient (Wildman–Crippen LogP) is 3.67. The van der Waals surface area contributed by atoms with E-state index >= 15 is 0 Å². The van der Waals surface area contributed by atoms with Crippen molar-refractivity contribution >= 4 is 0 Å². The highest BCUT2D eigenvalue weighted by molar-refractivity contribution is 5.27. The summed E-state index contributed by atoms with van der Waals surface area (Å²) in [6.07, 6.45) is 3.15. The van der Waals surface area contributed by atoms with Gasteiger partial charge in [-0.05, 0) is 49.8 Å². The number of benzene rings is 1. The fourth-order valence-electron chi connectivity index (χ4n) is 1.66. The molecule has 18 heavy (non-hydrogen) atoms. The number of hydrogen-bond donors (Lipinski definition) is 1. The van der Waals surface area contributed by atoms with Crippen molar-refractivity contribution in [3.8, 4) is 5.75 Å². The van der Waals surface area contributed by atoms with Crippen LogP contribution < -0.4 is 10.5 Å². The zero-order valence-corrected chi connectivity index (χ0v) is 11.6. The molecule has 0 spiro atoms. The lowest BCUT2D eigenvalue weighted by atomic mass is 9.87. The van der Waals surface area contributed by atoms with Crippen LogP contribution in [0.2, 0.25) is 0 Å². The Morgan fingerprint density at radius 2 is 2.00 bits per heavy atom. The van der Waals surface area contributed by atoms with Crippen molar-refractivity contribution in [2.45, 2.75) is 40.0 Å². The van der Waals surface area contributed by atoms with Crippen molar-refractivity contribution in [1.29, 1.82) is 0 Å². The summed E-state index contributed by atoms with van der Waals surface area (Å²) in [6, 6.07) is 4.99. The Balaban J connectivity index is 2.24. The lowest BCUT2D eigenvalue weighted by Gasteiger charge is -2.21. The maximum Gasteiger partial charge on any atom is 0.129 e. The number of hydrogen-bond acceptors (Lipinski definition) is 2. The number of halogens is 1. The minimum absolute atomic E-state index is 0.204. The van der Waals surface area contributed by atoms with E-state index in [1.807, 2.05) is 6.07 Å². The summed E-state index contributed by atoms with van der Waals surface area (Å²) < 4.78 is 18.8. The number of nitrogens with two attached hydrogens (primary N) is 1. The molecule has 0 bridgehead atoms. The van der Waals surface area contributed by atoms with Gasteiger partial charge in [-0.1, -0.05) is 19.9 Å². The second-order valence-electron chi connectivity index (χ2n) is 5.58. The fraction of sp³-hybridized carbons (Fsp3) is 0.600. The van der Waals surface area contributed by atoms with E-state index in [1.54, 1.807) is 13.0 Å². The molecule has 2 nitrogen and oxygen atoms in total. The first-order chi connectivity index (χ1) is 8.44. The van der Waals surface area contributed by atoms with E-state index in [1.165, 1.54) is 6.07 Å². The zero-order chi connectivity index (χ0) is 13.6. The van der Waals surface area contributed by atoms with E-state index in [-0.39, 0.29) is 11.2 Å². The summed E-state index contributed by atoms with van der Waals surface area (Å²) in [5, 5.41) is 0. The van der Waals surface area contributed by atoms with Crippen LogP contribution in [0.1, 0.15) is 38.7 Å².